The van der Waals surface area contributed by atoms with Gasteiger partial charge in [0.1, 0.15) is 5.75 Å². The summed E-state index contributed by atoms with van der Waals surface area (Å²) < 4.78 is 5.88. The number of carbonyl (C=O) groups is 1. The zero-order valence-electron chi connectivity index (χ0n) is 17.2. The fraction of sp³-hybridized carbons (Fsp3) is 0.417. The topological polar surface area (TPSA) is 50.4 Å². The van der Waals surface area contributed by atoms with Crippen molar-refractivity contribution in [1.29, 1.82) is 0 Å². The Balaban J connectivity index is 1.36. The summed E-state index contributed by atoms with van der Waals surface area (Å²) in [6.45, 7) is 0.761. The molecule has 2 aromatic carbocycles. The quantitative estimate of drug-likeness (QED) is 0.480. The van der Waals surface area contributed by atoms with Crippen LogP contribution in [0.1, 0.15) is 50.5 Å². The zero-order valence-corrected chi connectivity index (χ0v) is 18.7. The van der Waals surface area contributed by atoms with Crippen LogP contribution in [0.25, 0.3) is 0 Å². The first-order valence-electron chi connectivity index (χ1n) is 10.7. The maximum Gasteiger partial charge on any atom is 0.226 e. The molecule has 0 atom stereocenters. The van der Waals surface area contributed by atoms with Gasteiger partial charge in [0.25, 0.3) is 0 Å². The van der Waals surface area contributed by atoms with E-state index in [0.29, 0.717) is 17.9 Å². The number of ether oxygens (including phenoxy) is 1. The number of halogens is 1. The van der Waals surface area contributed by atoms with Crippen LogP contribution < -0.4 is 15.4 Å². The van der Waals surface area contributed by atoms with E-state index in [1.165, 1.54) is 32.1 Å². The predicted octanol–water partition coefficient (Wildman–Crippen LogP) is 6.14. The van der Waals surface area contributed by atoms with Crippen LogP contribution in [0, 0.1) is 5.92 Å². The van der Waals surface area contributed by atoms with Crippen molar-refractivity contribution in [2.75, 3.05) is 11.9 Å². The van der Waals surface area contributed by atoms with Crippen LogP contribution in [0.3, 0.4) is 0 Å². The van der Waals surface area contributed by atoms with Crippen molar-refractivity contribution in [3.63, 3.8) is 0 Å². The Morgan fingerprint density at radius 1 is 1.07 bits per heavy atom. The molecule has 0 aromatic heterocycles. The molecule has 3 rings (SSSR count). The number of benzene rings is 2. The van der Waals surface area contributed by atoms with Crippen LogP contribution >= 0.6 is 23.8 Å². The molecule has 1 amide bonds. The molecule has 30 heavy (non-hydrogen) atoms. The SMILES string of the molecule is O=C(CCc1ccccc1Cl)NC(=S)Nc1ccc(OCCC2CCCCC2)cc1. The van der Waals surface area contributed by atoms with Gasteiger partial charge in [-0.15, -0.1) is 0 Å². The Hall–Kier alpha value is -2.11. The average molecular weight is 445 g/mol. The lowest BCUT2D eigenvalue weighted by molar-refractivity contribution is -0.119. The van der Waals surface area contributed by atoms with E-state index in [1.54, 1.807) is 0 Å². The monoisotopic (exact) mass is 444 g/mol. The molecule has 6 heteroatoms. The summed E-state index contributed by atoms with van der Waals surface area (Å²) in [5.41, 5.74) is 1.76. The highest BCUT2D eigenvalue weighted by molar-refractivity contribution is 7.80. The number of anilines is 1. The van der Waals surface area contributed by atoms with Gasteiger partial charge in [0.05, 0.1) is 6.61 Å². The van der Waals surface area contributed by atoms with Crippen LogP contribution in [0.2, 0.25) is 5.02 Å². The fourth-order valence-electron chi connectivity index (χ4n) is 3.75. The van der Waals surface area contributed by atoms with Gasteiger partial charge in [0, 0.05) is 17.1 Å². The first kappa shape index (κ1) is 22.6. The molecule has 0 unspecified atom stereocenters. The van der Waals surface area contributed by atoms with Crippen molar-refractivity contribution < 1.29 is 9.53 Å². The van der Waals surface area contributed by atoms with Crippen LogP contribution in [0.15, 0.2) is 48.5 Å². The second-order valence-corrected chi connectivity index (χ2v) is 8.57. The van der Waals surface area contributed by atoms with Crippen molar-refractivity contribution in [2.24, 2.45) is 5.92 Å². The average Bonchev–Trinajstić information content (AvgIpc) is 2.75. The molecule has 1 fully saturated rings. The Bertz CT molecular complexity index is 835. The number of rotatable bonds is 8. The molecule has 0 aliphatic heterocycles. The van der Waals surface area contributed by atoms with Gasteiger partial charge in [0.2, 0.25) is 5.91 Å². The van der Waals surface area contributed by atoms with Crippen LogP contribution in [0.4, 0.5) is 5.69 Å². The van der Waals surface area contributed by atoms with E-state index in [9.17, 15) is 4.79 Å². The number of hydrogen-bond donors (Lipinski definition) is 2. The molecule has 2 N–H and O–H groups in total. The van der Waals surface area contributed by atoms with Gasteiger partial charge in [-0.1, -0.05) is 61.9 Å². The second kappa shape index (κ2) is 11.9. The largest absolute Gasteiger partial charge is 0.494 e. The summed E-state index contributed by atoms with van der Waals surface area (Å²) in [7, 11) is 0. The van der Waals surface area contributed by atoms with Crippen molar-refractivity contribution in [3.8, 4) is 5.75 Å². The molecule has 0 bridgehead atoms. The summed E-state index contributed by atoms with van der Waals surface area (Å²) in [6, 6.07) is 15.2. The molecular weight excluding hydrogens is 416 g/mol. The highest BCUT2D eigenvalue weighted by atomic mass is 35.5. The summed E-state index contributed by atoms with van der Waals surface area (Å²) in [5.74, 6) is 1.53. The third-order valence-electron chi connectivity index (χ3n) is 5.46. The molecule has 1 saturated carbocycles. The minimum Gasteiger partial charge on any atom is -0.494 e. The highest BCUT2D eigenvalue weighted by Gasteiger charge is 2.13. The lowest BCUT2D eigenvalue weighted by Gasteiger charge is -2.21. The fourth-order valence-corrected chi connectivity index (χ4v) is 4.22. The van der Waals surface area contributed by atoms with Crippen molar-refractivity contribution in [3.05, 3.63) is 59.1 Å². The van der Waals surface area contributed by atoms with Crippen molar-refractivity contribution in [1.82, 2.24) is 5.32 Å². The number of carbonyl (C=O) groups excluding carboxylic acids is 1. The summed E-state index contributed by atoms with van der Waals surface area (Å²) in [6.07, 6.45) is 8.81. The number of nitrogens with one attached hydrogen (secondary N) is 2. The van der Waals surface area contributed by atoms with E-state index < -0.39 is 0 Å². The van der Waals surface area contributed by atoms with Gasteiger partial charge < -0.3 is 15.4 Å². The van der Waals surface area contributed by atoms with Gasteiger partial charge in [-0.2, -0.15) is 0 Å². The van der Waals surface area contributed by atoms with E-state index >= 15 is 0 Å². The van der Waals surface area contributed by atoms with Crippen molar-refractivity contribution >= 4 is 40.5 Å². The van der Waals surface area contributed by atoms with Gasteiger partial charge in [0.15, 0.2) is 5.11 Å². The Morgan fingerprint density at radius 2 is 1.80 bits per heavy atom. The van der Waals surface area contributed by atoms with E-state index in [1.807, 2.05) is 48.5 Å². The molecule has 0 spiro atoms. The first-order chi connectivity index (χ1) is 14.6. The molecule has 1 aliphatic carbocycles. The van der Waals surface area contributed by atoms with E-state index in [4.69, 9.17) is 28.6 Å². The smallest absolute Gasteiger partial charge is 0.226 e. The predicted molar refractivity (Wildman–Crippen MR) is 127 cm³/mol. The third-order valence-corrected chi connectivity index (χ3v) is 6.04. The zero-order chi connectivity index (χ0) is 21.2. The lowest BCUT2D eigenvalue weighted by atomic mass is 9.87. The first-order valence-corrected chi connectivity index (χ1v) is 11.5. The number of amides is 1. The maximum atomic E-state index is 12.1. The van der Waals surface area contributed by atoms with Gasteiger partial charge >= 0.3 is 0 Å². The van der Waals surface area contributed by atoms with Gasteiger partial charge in [-0.05, 0) is 66.9 Å². The van der Waals surface area contributed by atoms with E-state index in [2.05, 4.69) is 10.6 Å². The van der Waals surface area contributed by atoms with Gasteiger partial charge in [-0.3, -0.25) is 4.79 Å². The molecular formula is C24H29ClN2O2S. The standard InChI is InChI=1S/C24H29ClN2O2S/c25-22-9-5-4-8-19(22)10-15-23(28)27-24(30)26-20-11-13-21(14-12-20)29-17-16-18-6-2-1-3-7-18/h4-5,8-9,11-14,18H,1-3,6-7,10,15-17H2,(H2,26,27,28,30). The number of thiocarbonyl (C=S) groups is 1. The van der Waals surface area contributed by atoms with Crippen LogP contribution in [-0.2, 0) is 11.2 Å². The highest BCUT2D eigenvalue weighted by Crippen LogP contribution is 2.26. The molecule has 0 saturated heterocycles. The Morgan fingerprint density at radius 3 is 2.53 bits per heavy atom. The molecule has 0 radical (unpaired) electrons. The third kappa shape index (κ3) is 7.62. The molecule has 2 aromatic rings. The lowest BCUT2D eigenvalue weighted by Crippen LogP contribution is -2.34. The van der Waals surface area contributed by atoms with Crippen LogP contribution in [-0.4, -0.2) is 17.6 Å². The molecule has 160 valence electrons. The van der Waals surface area contributed by atoms with Crippen LogP contribution in [0.5, 0.6) is 5.75 Å². The normalized spacial score (nSPS) is 14.2. The van der Waals surface area contributed by atoms with E-state index in [-0.39, 0.29) is 11.0 Å². The maximum absolute atomic E-state index is 12.1. The minimum atomic E-state index is -0.143. The Kier molecular flexibility index (Phi) is 8.97. The van der Waals surface area contributed by atoms with Gasteiger partial charge in [-0.25, -0.2) is 0 Å². The molecule has 4 nitrogen and oxygen atoms in total. The number of hydrogen-bond acceptors (Lipinski definition) is 3. The number of aryl methyl sites for hydroxylation is 1. The van der Waals surface area contributed by atoms with Crippen molar-refractivity contribution in [2.45, 2.75) is 51.4 Å². The summed E-state index contributed by atoms with van der Waals surface area (Å²) >= 11 is 11.4. The summed E-state index contributed by atoms with van der Waals surface area (Å²) in [5, 5.41) is 6.70. The summed E-state index contributed by atoms with van der Waals surface area (Å²) in [4.78, 5) is 12.1. The minimum absolute atomic E-state index is 0.143. The van der Waals surface area contributed by atoms with E-state index in [0.717, 1.165) is 35.9 Å². The Labute approximate surface area is 189 Å². The molecule has 1 aliphatic rings. The molecule has 0 heterocycles. The second-order valence-electron chi connectivity index (χ2n) is 7.76.